The van der Waals surface area contributed by atoms with Gasteiger partial charge in [-0.3, -0.25) is 5.43 Å². The molecule has 3 heteroatoms. The van der Waals surface area contributed by atoms with E-state index in [9.17, 15) is 5.11 Å². The molecule has 3 nitrogen and oxygen atoms in total. The average Bonchev–Trinajstić information content (AvgIpc) is 2.10. The van der Waals surface area contributed by atoms with Crippen molar-refractivity contribution in [3.8, 4) is 0 Å². The molecule has 0 aliphatic carbocycles. The molecule has 1 aliphatic heterocycles. The predicted molar refractivity (Wildman–Crippen MR) is 35.9 cm³/mol. The lowest BCUT2D eigenvalue weighted by Gasteiger charge is -2.16. The van der Waals surface area contributed by atoms with Crippen molar-refractivity contribution in [3.05, 3.63) is 0 Å². The Hall–Kier alpha value is -0.120. The third kappa shape index (κ3) is 1.64. The molecular formula is C6H14N2O. The number of nitrogens with zero attached hydrogens (tertiary/aromatic N) is 1. The number of aliphatic hydroxyl groups is 1. The van der Waals surface area contributed by atoms with Crippen LogP contribution >= 0.6 is 0 Å². The molecule has 54 valence electrons. The fraction of sp³-hybridized carbons (Fsp3) is 1.00. The molecule has 2 N–H and O–H groups in total. The molecule has 0 radical (unpaired) electrons. The van der Waals surface area contributed by atoms with E-state index in [0.717, 1.165) is 19.5 Å². The van der Waals surface area contributed by atoms with E-state index in [4.69, 9.17) is 0 Å². The van der Waals surface area contributed by atoms with Crippen LogP contribution in [0.1, 0.15) is 13.3 Å². The van der Waals surface area contributed by atoms with Crippen molar-refractivity contribution in [2.24, 2.45) is 0 Å². The highest BCUT2D eigenvalue weighted by Crippen LogP contribution is 2.17. The lowest BCUT2D eigenvalue weighted by molar-refractivity contribution is 0.0626. The Labute approximate surface area is 55.6 Å². The second-order valence-electron chi connectivity index (χ2n) is 2.89. The van der Waals surface area contributed by atoms with Crippen LogP contribution in [0.5, 0.6) is 0 Å². The van der Waals surface area contributed by atoms with Gasteiger partial charge in [0, 0.05) is 13.1 Å². The molecule has 9 heavy (non-hydrogen) atoms. The van der Waals surface area contributed by atoms with Gasteiger partial charge in [0.15, 0.2) is 0 Å². The smallest absolute Gasteiger partial charge is 0.0772 e. The first-order valence-corrected chi connectivity index (χ1v) is 3.29. The molecule has 0 bridgehead atoms. The molecule has 1 unspecified atom stereocenters. The molecule has 0 spiro atoms. The van der Waals surface area contributed by atoms with Crippen LogP contribution in [0.25, 0.3) is 0 Å². The van der Waals surface area contributed by atoms with Crippen LogP contribution in [-0.2, 0) is 0 Å². The highest BCUT2D eigenvalue weighted by molar-refractivity contribution is 4.83. The number of nitrogens with one attached hydrogen (secondary N) is 1. The van der Waals surface area contributed by atoms with Crippen molar-refractivity contribution < 1.29 is 5.11 Å². The van der Waals surface area contributed by atoms with E-state index >= 15 is 0 Å². The van der Waals surface area contributed by atoms with Crippen LogP contribution < -0.4 is 5.43 Å². The van der Waals surface area contributed by atoms with Gasteiger partial charge < -0.3 is 5.11 Å². The van der Waals surface area contributed by atoms with Gasteiger partial charge in [0.05, 0.1) is 5.60 Å². The largest absolute Gasteiger partial charge is 0.389 e. The third-order valence-corrected chi connectivity index (χ3v) is 1.77. The summed E-state index contributed by atoms with van der Waals surface area (Å²) in [5.41, 5.74) is 2.52. The molecule has 1 atom stereocenters. The van der Waals surface area contributed by atoms with Crippen LogP contribution in [-0.4, -0.2) is 35.9 Å². The minimum absolute atomic E-state index is 0.469. The zero-order chi connectivity index (χ0) is 6.91. The van der Waals surface area contributed by atoms with Gasteiger partial charge in [0.2, 0.25) is 0 Å². The number of hydrazine groups is 1. The van der Waals surface area contributed by atoms with Crippen LogP contribution in [0, 0.1) is 0 Å². The van der Waals surface area contributed by atoms with Crippen LogP contribution in [0.3, 0.4) is 0 Å². The molecule has 0 aromatic carbocycles. The molecule has 0 saturated carbocycles. The number of hydrogen-bond acceptors (Lipinski definition) is 3. The van der Waals surface area contributed by atoms with Gasteiger partial charge in [0.1, 0.15) is 0 Å². The molecule has 0 amide bonds. The second-order valence-corrected chi connectivity index (χ2v) is 2.89. The maximum Gasteiger partial charge on any atom is 0.0772 e. The predicted octanol–water partition coefficient (Wildman–Crippen LogP) is -0.422. The zero-order valence-corrected chi connectivity index (χ0v) is 6.02. The minimum atomic E-state index is -0.469. The van der Waals surface area contributed by atoms with Crippen molar-refractivity contribution in [1.29, 1.82) is 0 Å². The van der Waals surface area contributed by atoms with E-state index in [1.807, 2.05) is 19.0 Å². The van der Waals surface area contributed by atoms with E-state index in [0.29, 0.717) is 0 Å². The number of hydrogen-bond donors (Lipinski definition) is 2. The lowest BCUT2D eigenvalue weighted by atomic mass is 10.1. The highest BCUT2D eigenvalue weighted by atomic mass is 16.3. The van der Waals surface area contributed by atoms with E-state index in [-0.39, 0.29) is 0 Å². The van der Waals surface area contributed by atoms with Crippen LogP contribution in [0.4, 0.5) is 0 Å². The molecule has 1 rings (SSSR count). The Morgan fingerprint density at radius 3 is 2.56 bits per heavy atom. The zero-order valence-electron chi connectivity index (χ0n) is 6.02. The maximum absolute atomic E-state index is 9.41. The van der Waals surface area contributed by atoms with Crippen molar-refractivity contribution in [3.63, 3.8) is 0 Å². The Bertz CT molecular complexity index is 103. The fourth-order valence-electron chi connectivity index (χ4n) is 1.14. The van der Waals surface area contributed by atoms with Crippen molar-refractivity contribution in [2.45, 2.75) is 18.9 Å². The molecule has 0 aromatic heterocycles. The summed E-state index contributed by atoms with van der Waals surface area (Å²) in [6, 6.07) is 0. The van der Waals surface area contributed by atoms with Crippen molar-refractivity contribution in [1.82, 2.24) is 10.4 Å². The molecular weight excluding hydrogens is 116 g/mol. The summed E-state index contributed by atoms with van der Waals surface area (Å²) < 4.78 is 0. The molecule has 1 fully saturated rings. The Morgan fingerprint density at radius 1 is 1.67 bits per heavy atom. The van der Waals surface area contributed by atoms with E-state index in [2.05, 4.69) is 5.43 Å². The minimum Gasteiger partial charge on any atom is -0.389 e. The van der Waals surface area contributed by atoms with Gasteiger partial charge in [-0.2, -0.15) is 0 Å². The van der Waals surface area contributed by atoms with Crippen molar-refractivity contribution in [2.75, 3.05) is 20.1 Å². The number of β-amino-alcohol motifs (C(OH)–C–C–N with tert-alkyl or cyclic N) is 1. The summed E-state index contributed by atoms with van der Waals surface area (Å²) in [5, 5.41) is 11.4. The summed E-state index contributed by atoms with van der Waals surface area (Å²) in [5.74, 6) is 0. The summed E-state index contributed by atoms with van der Waals surface area (Å²) in [4.78, 5) is 0. The fourth-order valence-corrected chi connectivity index (χ4v) is 1.14. The van der Waals surface area contributed by atoms with E-state index in [1.54, 1.807) is 0 Å². The molecule has 1 saturated heterocycles. The quantitative estimate of drug-likeness (QED) is 0.506. The van der Waals surface area contributed by atoms with Gasteiger partial charge in [0.25, 0.3) is 0 Å². The first-order chi connectivity index (χ1) is 4.14. The molecule has 1 heterocycles. The van der Waals surface area contributed by atoms with Gasteiger partial charge >= 0.3 is 0 Å². The highest BCUT2D eigenvalue weighted by Gasteiger charge is 2.30. The summed E-state index contributed by atoms with van der Waals surface area (Å²) in [7, 11) is 1.88. The van der Waals surface area contributed by atoms with Gasteiger partial charge in [-0.25, -0.2) is 5.01 Å². The Kier molecular flexibility index (Phi) is 1.75. The van der Waals surface area contributed by atoms with Gasteiger partial charge in [-0.1, -0.05) is 0 Å². The van der Waals surface area contributed by atoms with E-state index in [1.165, 1.54) is 0 Å². The molecule has 1 aliphatic rings. The van der Waals surface area contributed by atoms with Crippen LogP contribution in [0.2, 0.25) is 0 Å². The topological polar surface area (TPSA) is 35.5 Å². The first kappa shape index (κ1) is 6.99. The summed E-state index contributed by atoms with van der Waals surface area (Å²) >= 11 is 0. The molecule has 0 aromatic rings. The van der Waals surface area contributed by atoms with Gasteiger partial charge in [-0.15, -0.1) is 0 Å². The third-order valence-electron chi connectivity index (χ3n) is 1.77. The van der Waals surface area contributed by atoms with Crippen molar-refractivity contribution >= 4 is 0 Å². The summed E-state index contributed by atoms with van der Waals surface area (Å²) in [6.45, 7) is 3.55. The normalized spacial score (nSPS) is 37.7. The lowest BCUT2D eigenvalue weighted by Crippen LogP contribution is -2.36. The number of rotatable bonds is 1. The Balaban J connectivity index is 2.38. The first-order valence-electron chi connectivity index (χ1n) is 3.29. The standard InChI is InChI=1S/C6H14N2O/c1-6(9)3-4-8(5-6)7-2/h7,9H,3-5H2,1-2H3. The van der Waals surface area contributed by atoms with Crippen LogP contribution in [0.15, 0.2) is 0 Å². The monoisotopic (exact) mass is 130 g/mol. The SMILES string of the molecule is CNN1CCC(C)(O)C1. The maximum atomic E-state index is 9.41. The summed E-state index contributed by atoms with van der Waals surface area (Å²) in [6.07, 6.45) is 0.869. The van der Waals surface area contributed by atoms with Gasteiger partial charge in [-0.05, 0) is 20.4 Å². The average molecular weight is 130 g/mol. The second kappa shape index (κ2) is 2.25. The Morgan fingerprint density at radius 2 is 2.33 bits per heavy atom. The van der Waals surface area contributed by atoms with E-state index < -0.39 is 5.60 Å².